The molecule has 0 atom stereocenters. The van der Waals surface area contributed by atoms with Gasteiger partial charge in [-0.1, -0.05) is 13.3 Å². The predicted octanol–water partition coefficient (Wildman–Crippen LogP) is 3.47. The summed E-state index contributed by atoms with van der Waals surface area (Å²) in [5.74, 6) is 0.990. The number of carbonyl (C=O) groups is 1. The fourth-order valence-corrected chi connectivity index (χ4v) is 1.59. The fourth-order valence-electron chi connectivity index (χ4n) is 1.59. The lowest BCUT2D eigenvalue weighted by Crippen LogP contribution is -2.02. The molecule has 0 aliphatic carbocycles. The van der Waals surface area contributed by atoms with Crippen LogP contribution in [-0.4, -0.2) is 26.1 Å². The van der Waals surface area contributed by atoms with E-state index >= 15 is 0 Å². The third kappa shape index (κ3) is 5.32. The number of ether oxygens (including phenoxy) is 2. The second-order valence-corrected chi connectivity index (χ2v) is 4.25. The summed E-state index contributed by atoms with van der Waals surface area (Å²) in [7, 11) is 1.65. The summed E-state index contributed by atoms with van der Waals surface area (Å²) >= 11 is 0. The molecule has 0 aromatic heterocycles. The van der Waals surface area contributed by atoms with Gasteiger partial charge >= 0.3 is 0 Å². The molecule has 0 aliphatic rings. The Labute approximate surface area is 109 Å². The molecule has 0 fully saturated rings. The highest BCUT2D eigenvalue weighted by atomic mass is 16.5. The molecule has 0 heterocycles. The van der Waals surface area contributed by atoms with E-state index in [4.69, 9.17) is 9.47 Å². The van der Waals surface area contributed by atoms with Gasteiger partial charge in [-0.2, -0.15) is 0 Å². The molecule has 0 saturated carbocycles. The second kappa shape index (κ2) is 8.70. The van der Waals surface area contributed by atoms with Crippen LogP contribution >= 0.6 is 0 Å². The number of benzene rings is 1. The van der Waals surface area contributed by atoms with Gasteiger partial charge in [-0.3, -0.25) is 4.79 Å². The smallest absolute Gasteiger partial charge is 0.162 e. The van der Waals surface area contributed by atoms with Gasteiger partial charge in [0, 0.05) is 25.7 Å². The van der Waals surface area contributed by atoms with E-state index < -0.39 is 0 Å². The molecule has 0 aliphatic heterocycles. The van der Waals surface area contributed by atoms with Crippen LogP contribution in [0.5, 0.6) is 5.75 Å². The Kier molecular flexibility index (Phi) is 7.11. The number of rotatable bonds is 9. The van der Waals surface area contributed by atoms with E-state index in [0.717, 1.165) is 37.2 Å². The minimum atomic E-state index is 0.159. The highest BCUT2D eigenvalue weighted by molar-refractivity contribution is 5.96. The number of hydrogen-bond donors (Lipinski definition) is 0. The number of ketones is 1. The van der Waals surface area contributed by atoms with Crippen molar-refractivity contribution >= 4 is 5.78 Å². The highest BCUT2D eigenvalue weighted by Gasteiger charge is 2.05. The Balaban J connectivity index is 2.41. The molecule has 0 N–H and O–H groups in total. The van der Waals surface area contributed by atoms with Crippen LogP contribution in [0.2, 0.25) is 0 Å². The zero-order valence-electron chi connectivity index (χ0n) is 11.3. The van der Waals surface area contributed by atoms with Crippen molar-refractivity contribution in [2.24, 2.45) is 0 Å². The lowest BCUT2D eigenvalue weighted by molar-refractivity contribution is 0.0963. The van der Waals surface area contributed by atoms with Crippen LogP contribution < -0.4 is 4.74 Å². The van der Waals surface area contributed by atoms with Gasteiger partial charge in [0.1, 0.15) is 5.75 Å². The van der Waals surface area contributed by atoms with Crippen LogP contribution in [-0.2, 0) is 4.74 Å². The van der Waals surface area contributed by atoms with Crippen molar-refractivity contribution in [3.05, 3.63) is 29.8 Å². The maximum atomic E-state index is 11.8. The summed E-state index contributed by atoms with van der Waals surface area (Å²) in [5.41, 5.74) is 0.744. The van der Waals surface area contributed by atoms with Crippen LogP contribution in [0.3, 0.4) is 0 Å². The largest absolute Gasteiger partial charge is 0.494 e. The fraction of sp³-hybridized carbons (Fsp3) is 0.533. The summed E-state index contributed by atoms with van der Waals surface area (Å²) < 4.78 is 10.5. The van der Waals surface area contributed by atoms with Crippen molar-refractivity contribution in [2.45, 2.75) is 32.6 Å². The van der Waals surface area contributed by atoms with Crippen LogP contribution in [0.15, 0.2) is 24.3 Å². The summed E-state index contributed by atoms with van der Waals surface area (Å²) in [6, 6.07) is 7.38. The molecule has 1 aromatic carbocycles. The van der Waals surface area contributed by atoms with Gasteiger partial charge in [-0.25, -0.2) is 0 Å². The van der Waals surface area contributed by atoms with E-state index in [2.05, 4.69) is 6.92 Å². The minimum Gasteiger partial charge on any atom is -0.494 e. The molecule has 100 valence electrons. The Hall–Kier alpha value is -1.35. The molecule has 0 spiro atoms. The zero-order valence-corrected chi connectivity index (χ0v) is 11.3. The van der Waals surface area contributed by atoms with Crippen LogP contribution in [0.4, 0.5) is 0 Å². The van der Waals surface area contributed by atoms with Gasteiger partial charge in [-0.15, -0.1) is 0 Å². The summed E-state index contributed by atoms with van der Waals surface area (Å²) in [5, 5.41) is 0. The summed E-state index contributed by atoms with van der Waals surface area (Å²) in [6.07, 6.45) is 3.47. The first-order chi connectivity index (χ1) is 8.77. The standard InChI is InChI=1S/C15H22O3/c1-3-4-12-18-14-9-7-13(8-10-14)15(16)6-5-11-17-2/h7-10H,3-6,11-12H2,1-2H3. The average Bonchev–Trinajstić information content (AvgIpc) is 2.40. The SMILES string of the molecule is CCCCOc1ccc(C(=O)CCCOC)cc1. The summed E-state index contributed by atoms with van der Waals surface area (Å²) in [6.45, 7) is 3.49. The first-order valence-electron chi connectivity index (χ1n) is 6.53. The molecule has 3 nitrogen and oxygen atoms in total. The van der Waals surface area contributed by atoms with Gasteiger partial charge < -0.3 is 9.47 Å². The molecule has 0 amide bonds. The Bertz CT molecular complexity index is 343. The van der Waals surface area contributed by atoms with Gasteiger partial charge in [0.25, 0.3) is 0 Å². The third-order valence-electron chi connectivity index (χ3n) is 2.70. The maximum Gasteiger partial charge on any atom is 0.162 e. The Morgan fingerprint density at radius 3 is 2.44 bits per heavy atom. The number of carbonyl (C=O) groups excluding carboxylic acids is 1. The van der Waals surface area contributed by atoms with E-state index in [-0.39, 0.29) is 5.78 Å². The quantitative estimate of drug-likeness (QED) is 0.497. The van der Waals surface area contributed by atoms with Gasteiger partial charge in [0.15, 0.2) is 5.78 Å². The molecule has 3 heteroatoms. The zero-order chi connectivity index (χ0) is 13.2. The molecule has 18 heavy (non-hydrogen) atoms. The third-order valence-corrected chi connectivity index (χ3v) is 2.70. The van der Waals surface area contributed by atoms with Crippen LogP contribution in [0.1, 0.15) is 43.0 Å². The van der Waals surface area contributed by atoms with Crippen molar-refractivity contribution in [2.75, 3.05) is 20.3 Å². The van der Waals surface area contributed by atoms with E-state index in [1.807, 2.05) is 24.3 Å². The van der Waals surface area contributed by atoms with Crippen molar-refractivity contribution in [1.82, 2.24) is 0 Å². The monoisotopic (exact) mass is 250 g/mol. The predicted molar refractivity (Wildman–Crippen MR) is 72.3 cm³/mol. The van der Waals surface area contributed by atoms with Crippen molar-refractivity contribution < 1.29 is 14.3 Å². The lowest BCUT2D eigenvalue weighted by atomic mass is 10.1. The molecule has 1 aromatic rings. The molecule has 0 unspecified atom stereocenters. The number of methoxy groups -OCH3 is 1. The van der Waals surface area contributed by atoms with E-state index in [9.17, 15) is 4.79 Å². The van der Waals surface area contributed by atoms with E-state index in [1.54, 1.807) is 7.11 Å². The molecule has 0 saturated heterocycles. The maximum absolute atomic E-state index is 11.8. The number of unbranched alkanes of at least 4 members (excludes halogenated alkanes) is 1. The number of Topliss-reactive ketones (excluding diaryl/α,β-unsaturated/α-hetero) is 1. The second-order valence-electron chi connectivity index (χ2n) is 4.25. The van der Waals surface area contributed by atoms with Gasteiger partial charge in [0.2, 0.25) is 0 Å². The Morgan fingerprint density at radius 2 is 1.83 bits per heavy atom. The average molecular weight is 250 g/mol. The first-order valence-corrected chi connectivity index (χ1v) is 6.53. The van der Waals surface area contributed by atoms with Gasteiger partial charge in [0.05, 0.1) is 6.61 Å². The summed E-state index contributed by atoms with van der Waals surface area (Å²) in [4.78, 5) is 11.8. The topological polar surface area (TPSA) is 35.5 Å². The molecule has 0 radical (unpaired) electrons. The van der Waals surface area contributed by atoms with Crippen molar-refractivity contribution in [3.63, 3.8) is 0 Å². The van der Waals surface area contributed by atoms with Crippen molar-refractivity contribution in [1.29, 1.82) is 0 Å². The van der Waals surface area contributed by atoms with E-state index in [0.29, 0.717) is 13.0 Å². The minimum absolute atomic E-state index is 0.159. The highest BCUT2D eigenvalue weighted by Crippen LogP contribution is 2.14. The normalized spacial score (nSPS) is 10.3. The van der Waals surface area contributed by atoms with Crippen molar-refractivity contribution in [3.8, 4) is 5.75 Å². The lowest BCUT2D eigenvalue weighted by Gasteiger charge is -2.06. The van der Waals surface area contributed by atoms with Crippen LogP contribution in [0, 0.1) is 0 Å². The van der Waals surface area contributed by atoms with E-state index in [1.165, 1.54) is 0 Å². The first kappa shape index (κ1) is 14.7. The Morgan fingerprint density at radius 1 is 1.11 bits per heavy atom. The number of hydrogen-bond acceptors (Lipinski definition) is 3. The molecule has 0 bridgehead atoms. The molecule has 1 rings (SSSR count). The molecular formula is C15H22O3. The van der Waals surface area contributed by atoms with Gasteiger partial charge in [-0.05, 0) is 37.1 Å². The molecular weight excluding hydrogens is 228 g/mol. The van der Waals surface area contributed by atoms with Crippen LogP contribution in [0.25, 0.3) is 0 Å².